The van der Waals surface area contributed by atoms with Gasteiger partial charge in [-0.15, -0.1) is 0 Å². The van der Waals surface area contributed by atoms with E-state index in [0.717, 1.165) is 6.42 Å². The predicted molar refractivity (Wildman–Crippen MR) is 197 cm³/mol. The molecular formula is C41H68O14. The number of allylic oxidation sites excluding steroid dienone is 1. The molecule has 4 unspecified atom stereocenters. The van der Waals surface area contributed by atoms with Crippen LogP contribution in [0, 0.1) is 45.3 Å². The van der Waals surface area contributed by atoms with Crippen LogP contribution in [-0.2, 0) is 23.7 Å². The predicted octanol–water partition coefficient (Wildman–Crippen LogP) is 0.938. The number of rotatable bonds is 11. The van der Waals surface area contributed by atoms with E-state index >= 15 is 0 Å². The maximum absolute atomic E-state index is 13.1. The van der Waals surface area contributed by atoms with Crippen molar-refractivity contribution in [3.63, 3.8) is 0 Å². The number of Topliss-reactive ketones (excluding diaryl/α,β-unsaturated/α-hetero) is 1. The van der Waals surface area contributed by atoms with E-state index in [1.165, 1.54) is 0 Å². The third-order valence-corrected chi connectivity index (χ3v) is 16.3. The van der Waals surface area contributed by atoms with Gasteiger partial charge in [-0.05, 0) is 110 Å². The Balaban J connectivity index is 1.29. The summed E-state index contributed by atoms with van der Waals surface area (Å²) in [5.41, 5.74) is -2.55. The molecule has 4 saturated carbocycles. The number of hydrogen-bond acceptors (Lipinski definition) is 14. The Kier molecular flexibility index (Phi) is 12.0. The van der Waals surface area contributed by atoms with Crippen LogP contribution in [0.4, 0.5) is 0 Å². The number of hydrogen-bond donors (Lipinski definition) is 9. The Hall–Kier alpha value is -1.11. The zero-order chi connectivity index (χ0) is 40.8. The summed E-state index contributed by atoms with van der Waals surface area (Å²) in [6.07, 6.45) is -11.3. The first-order valence-corrected chi connectivity index (χ1v) is 20.3. The van der Waals surface area contributed by atoms with E-state index in [2.05, 4.69) is 27.4 Å². The average molecular weight is 785 g/mol. The number of carbonyl (C=O) groups excluding carboxylic acids is 1. The van der Waals surface area contributed by atoms with Crippen molar-refractivity contribution in [3.8, 4) is 0 Å². The molecule has 6 rings (SSSR count). The van der Waals surface area contributed by atoms with E-state index < -0.39 is 109 Å². The molecule has 0 spiro atoms. The van der Waals surface area contributed by atoms with Crippen LogP contribution in [0.15, 0.2) is 12.2 Å². The van der Waals surface area contributed by atoms with E-state index in [0.29, 0.717) is 37.7 Å². The molecule has 0 radical (unpaired) electrons. The first-order chi connectivity index (χ1) is 25.5. The molecule has 2 saturated heterocycles. The van der Waals surface area contributed by atoms with E-state index in [1.807, 2.05) is 20.8 Å². The van der Waals surface area contributed by atoms with Crippen LogP contribution in [0.1, 0.15) is 99.8 Å². The summed E-state index contributed by atoms with van der Waals surface area (Å²) in [5, 5.41) is 98.7. The van der Waals surface area contributed by atoms with Crippen molar-refractivity contribution in [2.45, 2.75) is 179 Å². The van der Waals surface area contributed by atoms with Crippen LogP contribution in [0.5, 0.6) is 0 Å². The highest BCUT2D eigenvalue weighted by Gasteiger charge is 2.73. The summed E-state index contributed by atoms with van der Waals surface area (Å²) in [6.45, 7) is 17.1. The Morgan fingerprint density at radius 3 is 2.05 bits per heavy atom. The van der Waals surface area contributed by atoms with Gasteiger partial charge in [-0.25, -0.2) is 0 Å². The molecule has 6 fully saturated rings. The number of aliphatic hydroxyl groups excluding tert-OH is 9. The number of aliphatic hydroxyl groups is 9. The van der Waals surface area contributed by atoms with Crippen molar-refractivity contribution < 1.29 is 69.7 Å². The van der Waals surface area contributed by atoms with Gasteiger partial charge in [-0.3, -0.25) is 4.79 Å². The van der Waals surface area contributed by atoms with E-state index in [-0.39, 0.29) is 47.7 Å². The van der Waals surface area contributed by atoms with E-state index in [9.17, 15) is 50.8 Å². The summed E-state index contributed by atoms with van der Waals surface area (Å²) in [7, 11) is 0. The van der Waals surface area contributed by atoms with Gasteiger partial charge in [0.25, 0.3) is 0 Å². The molecule has 0 aromatic heterocycles. The van der Waals surface area contributed by atoms with Crippen LogP contribution >= 0.6 is 0 Å². The van der Waals surface area contributed by atoms with Crippen molar-refractivity contribution in [2.24, 2.45) is 45.3 Å². The topological polar surface area (TPSA) is 236 Å². The number of ketones is 1. The maximum Gasteiger partial charge on any atom is 0.187 e. The van der Waals surface area contributed by atoms with E-state index in [1.54, 1.807) is 6.92 Å². The van der Waals surface area contributed by atoms with Crippen molar-refractivity contribution >= 4 is 5.78 Å². The standard InChI is InChI=1S/C41H68O14/c1-19(2)21(43)10-14-41(8,55-36-33(51)31(49)30(48)25(54-36)18-52-35-32(50)29(47)24(17-42)53-35)20-9-13-39(6)28(20)22(44)15-26-38(5)12-11-27(46)37(3,4)34(38)23(45)16-40(26,39)7/h20,22-36,42,44-51H,1,9-18H2,2-8H3/t20?,22-,23+,24+,25-,26?,27+,28?,29+,30-,31+,32-,33-,34?,35-,36+,38-,39-,40-,41+/m1/s1. The zero-order valence-corrected chi connectivity index (χ0v) is 33.6. The molecule has 316 valence electrons. The molecule has 4 aliphatic carbocycles. The summed E-state index contributed by atoms with van der Waals surface area (Å²) >= 11 is 0. The second-order valence-corrected chi connectivity index (χ2v) is 19.7. The number of carbonyl (C=O) groups is 1. The second-order valence-electron chi connectivity index (χ2n) is 19.7. The summed E-state index contributed by atoms with van der Waals surface area (Å²) in [6, 6.07) is 0. The van der Waals surface area contributed by atoms with Gasteiger partial charge in [0.15, 0.2) is 18.4 Å². The molecular weight excluding hydrogens is 716 g/mol. The fourth-order valence-corrected chi connectivity index (χ4v) is 13.1. The van der Waals surface area contributed by atoms with Gasteiger partial charge < -0.3 is 64.9 Å². The molecule has 0 amide bonds. The second kappa shape index (κ2) is 15.2. The lowest BCUT2D eigenvalue weighted by molar-refractivity contribution is -0.341. The van der Waals surface area contributed by atoms with Crippen LogP contribution in [-0.4, -0.2) is 144 Å². The van der Waals surface area contributed by atoms with Crippen LogP contribution in [0.3, 0.4) is 0 Å². The highest BCUT2D eigenvalue weighted by Crippen LogP contribution is 2.76. The Bertz CT molecular complexity index is 1430. The molecule has 9 N–H and O–H groups in total. The Labute approximate surface area is 324 Å². The van der Waals surface area contributed by atoms with Gasteiger partial charge in [-0.1, -0.05) is 41.2 Å². The fourth-order valence-electron chi connectivity index (χ4n) is 13.1. The van der Waals surface area contributed by atoms with Gasteiger partial charge in [0.1, 0.15) is 42.7 Å². The van der Waals surface area contributed by atoms with Crippen LogP contribution in [0.2, 0.25) is 0 Å². The third-order valence-electron chi connectivity index (χ3n) is 16.3. The van der Waals surface area contributed by atoms with Gasteiger partial charge in [0, 0.05) is 6.42 Å². The van der Waals surface area contributed by atoms with Crippen molar-refractivity contribution in [1.29, 1.82) is 0 Å². The molecule has 2 aliphatic heterocycles. The highest BCUT2D eigenvalue weighted by atomic mass is 16.7. The van der Waals surface area contributed by atoms with Gasteiger partial charge in [0.2, 0.25) is 0 Å². The largest absolute Gasteiger partial charge is 0.394 e. The fraction of sp³-hybridized carbons (Fsp3) is 0.927. The molecule has 14 heteroatoms. The van der Waals surface area contributed by atoms with Crippen LogP contribution < -0.4 is 0 Å². The average Bonchev–Trinajstić information content (AvgIpc) is 3.63. The minimum absolute atomic E-state index is 0.0589. The quantitative estimate of drug-likeness (QED) is 0.133. The lowest BCUT2D eigenvalue weighted by Crippen LogP contribution is -2.70. The molecule has 14 nitrogen and oxygen atoms in total. The molecule has 55 heavy (non-hydrogen) atoms. The molecule has 0 bridgehead atoms. The van der Waals surface area contributed by atoms with E-state index in [4.69, 9.17) is 18.9 Å². The SMILES string of the molecule is C=C(C)C(=O)CC[C@](C)(O[C@@H]1O[C@H](CO[C@@H]2O[C@@H](CO)[C@H](O)[C@H]2O)[C@@H](O)[C@H](O)[C@H]1O)C1CC[C@]2(C)C1[C@H](O)CC1[C@@]3(C)CC[C@H](O)C(C)(C)C3[C@@H](O)C[C@]12C. The zero-order valence-electron chi connectivity index (χ0n) is 33.6. The molecule has 6 aliphatic rings. The Morgan fingerprint density at radius 1 is 0.818 bits per heavy atom. The third kappa shape index (κ3) is 6.90. The van der Waals surface area contributed by atoms with Gasteiger partial charge in [-0.2, -0.15) is 0 Å². The van der Waals surface area contributed by atoms with Gasteiger partial charge >= 0.3 is 0 Å². The molecule has 0 aromatic carbocycles. The first kappa shape index (κ1) is 43.5. The maximum atomic E-state index is 13.1. The van der Waals surface area contributed by atoms with Crippen LogP contribution in [0.25, 0.3) is 0 Å². The smallest absolute Gasteiger partial charge is 0.187 e. The highest BCUT2D eigenvalue weighted by molar-refractivity contribution is 5.94. The summed E-state index contributed by atoms with van der Waals surface area (Å²) in [4.78, 5) is 13.1. The summed E-state index contributed by atoms with van der Waals surface area (Å²) < 4.78 is 23.9. The minimum Gasteiger partial charge on any atom is -0.394 e. The lowest BCUT2D eigenvalue weighted by atomic mass is 9.34. The lowest BCUT2D eigenvalue weighted by Gasteiger charge is -2.71. The van der Waals surface area contributed by atoms with Crippen molar-refractivity contribution in [1.82, 2.24) is 0 Å². The Morgan fingerprint density at radius 2 is 1.44 bits per heavy atom. The normalized spacial score (nSPS) is 51.8. The molecule has 0 aromatic rings. The first-order valence-electron chi connectivity index (χ1n) is 20.3. The molecule has 20 atom stereocenters. The number of fused-ring (bicyclic) bond motifs is 5. The number of ether oxygens (including phenoxy) is 4. The van der Waals surface area contributed by atoms with Crippen molar-refractivity contribution in [2.75, 3.05) is 13.2 Å². The minimum atomic E-state index is -1.73. The monoisotopic (exact) mass is 784 g/mol. The summed E-state index contributed by atoms with van der Waals surface area (Å²) in [5.74, 6) is -0.959. The van der Waals surface area contributed by atoms with Crippen molar-refractivity contribution in [3.05, 3.63) is 12.2 Å². The molecule has 2 heterocycles. The van der Waals surface area contributed by atoms with Gasteiger partial charge in [0.05, 0.1) is 37.1 Å².